The first-order valence-electron chi connectivity index (χ1n) is 5.61. The Hall–Kier alpha value is -1.62. The van der Waals surface area contributed by atoms with Gasteiger partial charge < -0.3 is 10.6 Å². The monoisotopic (exact) mass is 237 g/mol. The van der Waals surface area contributed by atoms with E-state index in [-0.39, 0.29) is 11.4 Å². The lowest BCUT2D eigenvalue weighted by Crippen LogP contribution is -2.22. The number of nitro benzene ring substituents is 1. The zero-order valence-corrected chi connectivity index (χ0v) is 10.5. The van der Waals surface area contributed by atoms with Gasteiger partial charge in [-0.3, -0.25) is 10.1 Å². The van der Waals surface area contributed by atoms with E-state index in [1.165, 1.54) is 6.07 Å². The van der Waals surface area contributed by atoms with Gasteiger partial charge in [0, 0.05) is 19.2 Å². The molecule has 0 unspecified atom stereocenters. The van der Waals surface area contributed by atoms with E-state index in [4.69, 9.17) is 5.73 Å². The Kier molecular flexibility index (Phi) is 4.45. The van der Waals surface area contributed by atoms with Crippen LogP contribution in [0.15, 0.2) is 18.2 Å². The summed E-state index contributed by atoms with van der Waals surface area (Å²) in [7, 11) is 2.03. The molecule has 0 aliphatic heterocycles. The number of hydrogen-bond donors (Lipinski definition) is 1. The highest BCUT2D eigenvalue weighted by atomic mass is 16.6. The number of rotatable bonds is 5. The van der Waals surface area contributed by atoms with Crippen molar-refractivity contribution in [1.82, 2.24) is 4.90 Å². The average molecular weight is 237 g/mol. The highest BCUT2D eigenvalue weighted by molar-refractivity contribution is 5.59. The number of benzene rings is 1. The van der Waals surface area contributed by atoms with E-state index < -0.39 is 4.92 Å². The van der Waals surface area contributed by atoms with Crippen LogP contribution in [0.2, 0.25) is 0 Å². The Labute approximate surface area is 101 Å². The number of nitrogen functional groups attached to an aromatic ring is 1. The molecule has 0 amide bonds. The fourth-order valence-corrected chi connectivity index (χ4v) is 1.87. The number of anilines is 1. The van der Waals surface area contributed by atoms with Gasteiger partial charge in [-0.15, -0.1) is 0 Å². The lowest BCUT2D eigenvalue weighted by molar-refractivity contribution is -0.383. The maximum atomic E-state index is 10.6. The van der Waals surface area contributed by atoms with Crippen LogP contribution < -0.4 is 5.73 Å². The zero-order chi connectivity index (χ0) is 13.0. The Morgan fingerprint density at radius 1 is 1.47 bits per heavy atom. The predicted octanol–water partition coefficient (Wildman–Crippen LogP) is 2.26. The van der Waals surface area contributed by atoms with Crippen LogP contribution in [0, 0.1) is 16.0 Å². The summed E-state index contributed by atoms with van der Waals surface area (Å²) in [6.45, 7) is 6.04. The van der Waals surface area contributed by atoms with Gasteiger partial charge in [0.25, 0.3) is 5.69 Å². The summed E-state index contributed by atoms with van der Waals surface area (Å²) in [4.78, 5) is 12.3. The summed E-state index contributed by atoms with van der Waals surface area (Å²) in [5, 5.41) is 10.6. The van der Waals surface area contributed by atoms with Crippen molar-refractivity contribution in [3.05, 3.63) is 33.9 Å². The molecule has 0 aliphatic rings. The molecule has 1 aromatic carbocycles. The van der Waals surface area contributed by atoms with Crippen LogP contribution in [-0.4, -0.2) is 23.4 Å². The van der Waals surface area contributed by atoms with Crippen LogP contribution in [0.5, 0.6) is 0 Å². The topological polar surface area (TPSA) is 72.4 Å². The summed E-state index contributed by atoms with van der Waals surface area (Å²) in [5.41, 5.74) is 6.84. The van der Waals surface area contributed by atoms with Crippen LogP contribution in [0.1, 0.15) is 19.4 Å². The molecule has 0 saturated carbocycles. The summed E-state index contributed by atoms with van der Waals surface area (Å²) in [6.07, 6.45) is 0. The van der Waals surface area contributed by atoms with E-state index in [1.54, 1.807) is 12.1 Å². The Morgan fingerprint density at radius 3 is 2.59 bits per heavy atom. The van der Waals surface area contributed by atoms with Gasteiger partial charge in [-0.05, 0) is 24.6 Å². The Morgan fingerprint density at radius 2 is 2.12 bits per heavy atom. The van der Waals surface area contributed by atoms with Crippen molar-refractivity contribution in [2.24, 2.45) is 5.92 Å². The first-order chi connectivity index (χ1) is 7.90. The van der Waals surface area contributed by atoms with Crippen molar-refractivity contribution < 1.29 is 4.92 Å². The van der Waals surface area contributed by atoms with Gasteiger partial charge >= 0.3 is 0 Å². The fraction of sp³-hybridized carbons (Fsp3) is 0.500. The Balaban J connectivity index is 2.74. The number of hydrogen-bond acceptors (Lipinski definition) is 4. The molecule has 5 nitrogen and oxygen atoms in total. The SMILES string of the molecule is CC(C)CN(C)Cc1ccc([N+](=O)[O-])c(N)c1. The normalized spacial score (nSPS) is 11.1. The lowest BCUT2D eigenvalue weighted by atomic mass is 10.1. The smallest absolute Gasteiger partial charge is 0.292 e. The largest absolute Gasteiger partial charge is 0.393 e. The molecule has 0 spiro atoms. The quantitative estimate of drug-likeness (QED) is 0.484. The maximum Gasteiger partial charge on any atom is 0.292 e. The fourth-order valence-electron chi connectivity index (χ4n) is 1.87. The first kappa shape index (κ1) is 13.4. The van der Waals surface area contributed by atoms with Gasteiger partial charge in [-0.25, -0.2) is 0 Å². The molecule has 0 atom stereocenters. The van der Waals surface area contributed by atoms with E-state index in [1.807, 2.05) is 7.05 Å². The number of nitro groups is 1. The van der Waals surface area contributed by atoms with Gasteiger partial charge in [-0.1, -0.05) is 19.9 Å². The van der Waals surface area contributed by atoms with E-state index in [2.05, 4.69) is 18.7 Å². The summed E-state index contributed by atoms with van der Waals surface area (Å²) >= 11 is 0. The molecule has 17 heavy (non-hydrogen) atoms. The van der Waals surface area contributed by atoms with Crippen molar-refractivity contribution in [2.75, 3.05) is 19.3 Å². The molecule has 2 N–H and O–H groups in total. The third-order valence-corrected chi connectivity index (χ3v) is 2.42. The molecule has 0 fully saturated rings. The molecule has 0 aliphatic carbocycles. The van der Waals surface area contributed by atoms with Gasteiger partial charge in [0.15, 0.2) is 0 Å². The molecular weight excluding hydrogens is 218 g/mol. The minimum absolute atomic E-state index is 0.0275. The van der Waals surface area contributed by atoms with Crippen LogP contribution >= 0.6 is 0 Å². The molecule has 0 aromatic heterocycles. The molecule has 0 saturated heterocycles. The van der Waals surface area contributed by atoms with E-state index in [0.717, 1.165) is 18.7 Å². The van der Waals surface area contributed by atoms with E-state index in [0.29, 0.717) is 5.92 Å². The second kappa shape index (κ2) is 5.63. The number of nitrogens with two attached hydrogens (primary N) is 1. The zero-order valence-electron chi connectivity index (χ0n) is 10.5. The van der Waals surface area contributed by atoms with Gasteiger partial charge in [0.2, 0.25) is 0 Å². The minimum atomic E-state index is -0.461. The molecular formula is C12H19N3O2. The molecule has 0 radical (unpaired) electrons. The summed E-state index contributed by atoms with van der Waals surface area (Å²) < 4.78 is 0. The van der Waals surface area contributed by atoms with Crippen molar-refractivity contribution in [3.8, 4) is 0 Å². The maximum absolute atomic E-state index is 10.6. The molecule has 94 valence electrons. The molecule has 1 rings (SSSR count). The van der Waals surface area contributed by atoms with Gasteiger partial charge in [-0.2, -0.15) is 0 Å². The van der Waals surface area contributed by atoms with Crippen molar-refractivity contribution in [2.45, 2.75) is 20.4 Å². The molecule has 5 heteroatoms. The minimum Gasteiger partial charge on any atom is -0.393 e. The van der Waals surface area contributed by atoms with Crippen molar-refractivity contribution in [1.29, 1.82) is 0 Å². The lowest BCUT2D eigenvalue weighted by Gasteiger charge is -2.19. The van der Waals surface area contributed by atoms with Crippen LogP contribution in [0.25, 0.3) is 0 Å². The second-order valence-corrected chi connectivity index (χ2v) is 4.74. The third kappa shape index (κ3) is 4.03. The molecule has 0 heterocycles. The van der Waals surface area contributed by atoms with Crippen LogP contribution in [0.3, 0.4) is 0 Å². The summed E-state index contributed by atoms with van der Waals surface area (Å²) in [5.74, 6) is 0.593. The summed E-state index contributed by atoms with van der Waals surface area (Å²) in [6, 6.07) is 4.90. The Bertz CT molecular complexity index is 405. The van der Waals surface area contributed by atoms with E-state index in [9.17, 15) is 10.1 Å². The van der Waals surface area contributed by atoms with E-state index >= 15 is 0 Å². The van der Waals surface area contributed by atoms with Crippen LogP contribution in [0.4, 0.5) is 11.4 Å². The second-order valence-electron chi connectivity index (χ2n) is 4.74. The average Bonchev–Trinajstić information content (AvgIpc) is 2.15. The highest BCUT2D eigenvalue weighted by Gasteiger charge is 2.12. The third-order valence-electron chi connectivity index (χ3n) is 2.42. The molecule has 0 bridgehead atoms. The number of nitrogens with zero attached hydrogens (tertiary/aromatic N) is 2. The van der Waals surface area contributed by atoms with Crippen molar-refractivity contribution >= 4 is 11.4 Å². The predicted molar refractivity (Wildman–Crippen MR) is 68.7 cm³/mol. The highest BCUT2D eigenvalue weighted by Crippen LogP contribution is 2.22. The first-order valence-corrected chi connectivity index (χ1v) is 5.61. The van der Waals surface area contributed by atoms with Crippen molar-refractivity contribution in [3.63, 3.8) is 0 Å². The van der Waals surface area contributed by atoms with Gasteiger partial charge in [0.05, 0.1) is 4.92 Å². The standard InChI is InChI=1S/C12H19N3O2/c1-9(2)7-14(3)8-10-4-5-12(15(16)17)11(13)6-10/h4-6,9H,7-8,13H2,1-3H3. The molecule has 1 aromatic rings. The van der Waals surface area contributed by atoms with Gasteiger partial charge in [0.1, 0.15) is 5.69 Å². The van der Waals surface area contributed by atoms with Crippen LogP contribution in [-0.2, 0) is 6.54 Å².